The lowest BCUT2D eigenvalue weighted by molar-refractivity contribution is -0.144. The molecule has 3 nitrogen and oxygen atoms in total. The highest BCUT2D eigenvalue weighted by Gasteiger charge is 2.36. The lowest BCUT2D eigenvalue weighted by Crippen LogP contribution is -2.27. The van der Waals surface area contributed by atoms with Gasteiger partial charge in [0.25, 0.3) is 0 Å². The minimum Gasteiger partial charge on any atom is -0.338 e. The van der Waals surface area contributed by atoms with Crippen LogP contribution in [0.15, 0.2) is 0 Å². The fraction of sp³-hybridized carbons (Fsp3) is 0.625. The molecule has 1 aliphatic carbocycles. The van der Waals surface area contributed by atoms with Gasteiger partial charge in [-0.15, -0.1) is 0 Å². The molecule has 0 bridgehead atoms. The number of hydrogen-bond acceptors (Lipinski definition) is 2. The number of H-pyrrole nitrogens is 1. The van der Waals surface area contributed by atoms with Crippen LogP contribution >= 0.6 is 0 Å². The summed E-state index contributed by atoms with van der Waals surface area (Å²) in [6.07, 6.45) is -2.70. The van der Waals surface area contributed by atoms with Crippen molar-refractivity contribution in [3.05, 3.63) is 17.2 Å². The summed E-state index contributed by atoms with van der Waals surface area (Å²) in [5.74, 6) is -0.906. The molecule has 1 unspecified atom stereocenters. The molecule has 14 heavy (non-hydrogen) atoms. The number of hydrogen-bond donors (Lipinski definition) is 2. The van der Waals surface area contributed by atoms with Gasteiger partial charge in [-0.25, -0.2) is 4.98 Å². The Balaban J connectivity index is 2.32. The summed E-state index contributed by atoms with van der Waals surface area (Å²) in [4.78, 5) is 5.81. The van der Waals surface area contributed by atoms with E-state index >= 15 is 0 Å². The lowest BCUT2D eigenvalue weighted by Gasteiger charge is -2.15. The van der Waals surface area contributed by atoms with Gasteiger partial charge in [0.15, 0.2) is 0 Å². The Labute approximate surface area is 78.5 Å². The second-order valence-corrected chi connectivity index (χ2v) is 3.51. The number of fused-ring (bicyclic) bond motifs is 1. The second-order valence-electron chi connectivity index (χ2n) is 3.51. The number of nitrogens with two attached hydrogens (primary N) is 1. The maximum atomic E-state index is 12.2. The number of aromatic amines is 1. The average Bonchev–Trinajstić information content (AvgIpc) is 2.45. The molecule has 1 heterocycles. The zero-order valence-corrected chi connectivity index (χ0v) is 7.36. The first kappa shape index (κ1) is 9.51. The van der Waals surface area contributed by atoms with Gasteiger partial charge in [0.2, 0.25) is 5.82 Å². The third-order valence-electron chi connectivity index (χ3n) is 2.35. The highest BCUT2D eigenvalue weighted by Crippen LogP contribution is 2.29. The summed E-state index contributed by atoms with van der Waals surface area (Å²) >= 11 is 0. The van der Waals surface area contributed by atoms with E-state index in [1.165, 1.54) is 0 Å². The number of imidazole rings is 1. The predicted octanol–water partition coefficient (Wildman–Crippen LogP) is 1.24. The van der Waals surface area contributed by atoms with Crippen LogP contribution in [0.1, 0.15) is 23.6 Å². The van der Waals surface area contributed by atoms with Gasteiger partial charge in [0.05, 0.1) is 5.69 Å². The van der Waals surface area contributed by atoms with E-state index in [0.717, 1.165) is 0 Å². The number of rotatable bonds is 0. The fourth-order valence-corrected chi connectivity index (χ4v) is 1.64. The predicted molar refractivity (Wildman–Crippen MR) is 43.6 cm³/mol. The van der Waals surface area contributed by atoms with Crippen LogP contribution in [0.2, 0.25) is 0 Å². The van der Waals surface area contributed by atoms with Crippen molar-refractivity contribution in [2.75, 3.05) is 0 Å². The fourth-order valence-electron chi connectivity index (χ4n) is 1.64. The Morgan fingerprint density at radius 2 is 2.14 bits per heavy atom. The number of halogens is 3. The molecule has 0 spiro atoms. The monoisotopic (exact) mass is 205 g/mol. The van der Waals surface area contributed by atoms with Crippen LogP contribution in [-0.2, 0) is 19.0 Å². The summed E-state index contributed by atoms with van der Waals surface area (Å²) in [7, 11) is 0. The molecule has 1 aromatic rings. The Morgan fingerprint density at radius 1 is 1.43 bits per heavy atom. The Morgan fingerprint density at radius 3 is 2.79 bits per heavy atom. The molecule has 1 atom stereocenters. The van der Waals surface area contributed by atoms with E-state index in [-0.39, 0.29) is 6.04 Å². The second kappa shape index (κ2) is 2.98. The topological polar surface area (TPSA) is 54.7 Å². The van der Waals surface area contributed by atoms with E-state index in [9.17, 15) is 13.2 Å². The van der Waals surface area contributed by atoms with Crippen LogP contribution in [0.25, 0.3) is 0 Å². The molecular formula is C8H10F3N3. The Kier molecular flexibility index (Phi) is 2.02. The maximum Gasteiger partial charge on any atom is 0.449 e. The Bertz CT molecular complexity index is 342. The molecule has 6 heteroatoms. The first-order valence-corrected chi connectivity index (χ1v) is 4.37. The molecule has 3 N–H and O–H groups in total. The molecule has 0 saturated heterocycles. The standard InChI is InChI=1S/C8H10F3N3/c9-8(10,11)7-13-5-2-1-4(12)3-6(5)14-7/h4H,1-3,12H2,(H,13,14). The largest absolute Gasteiger partial charge is 0.449 e. The average molecular weight is 205 g/mol. The highest BCUT2D eigenvalue weighted by atomic mass is 19.4. The van der Waals surface area contributed by atoms with Gasteiger partial charge in [-0.3, -0.25) is 0 Å². The molecule has 0 aromatic carbocycles. The van der Waals surface area contributed by atoms with Gasteiger partial charge < -0.3 is 10.7 Å². The highest BCUT2D eigenvalue weighted by molar-refractivity contribution is 5.20. The van der Waals surface area contributed by atoms with Crippen molar-refractivity contribution >= 4 is 0 Å². The van der Waals surface area contributed by atoms with Crippen LogP contribution in [0.3, 0.4) is 0 Å². The SMILES string of the molecule is NC1CCc2nc(C(F)(F)F)[nH]c2C1. The van der Waals surface area contributed by atoms with Gasteiger partial charge in [0, 0.05) is 18.2 Å². The number of nitrogens with one attached hydrogen (secondary N) is 1. The summed E-state index contributed by atoms with van der Waals surface area (Å²) < 4.78 is 36.7. The molecule has 78 valence electrons. The molecule has 0 aliphatic heterocycles. The van der Waals surface area contributed by atoms with E-state index in [4.69, 9.17) is 5.73 Å². The van der Waals surface area contributed by atoms with Crippen molar-refractivity contribution in [1.29, 1.82) is 0 Å². The van der Waals surface area contributed by atoms with E-state index < -0.39 is 12.0 Å². The molecule has 0 amide bonds. The summed E-state index contributed by atoms with van der Waals surface area (Å²) in [5, 5.41) is 0. The number of alkyl halides is 3. The van der Waals surface area contributed by atoms with Crippen LogP contribution < -0.4 is 5.73 Å². The minimum absolute atomic E-state index is 0.0518. The third kappa shape index (κ3) is 1.61. The van der Waals surface area contributed by atoms with Crippen LogP contribution in [0.5, 0.6) is 0 Å². The van der Waals surface area contributed by atoms with Crippen LogP contribution in [0.4, 0.5) is 13.2 Å². The zero-order chi connectivity index (χ0) is 10.3. The van der Waals surface area contributed by atoms with Gasteiger partial charge in [0.1, 0.15) is 0 Å². The molecule has 0 saturated carbocycles. The van der Waals surface area contributed by atoms with Gasteiger partial charge in [-0.2, -0.15) is 13.2 Å². The molecule has 0 radical (unpaired) electrons. The smallest absolute Gasteiger partial charge is 0.338 e. The van der Waals surface area contributed by atoms with Gasteiger partial charge in [-0.1, -0.05) is 0 Å². The zero-order valence-electron chi connectivity index (χ0n) is 7.36. The van der Waals surface area contributed by atoms with E-state index in [1.807, 2.05) is 0 Å². The quantitative estimate of drug-likeness (QED) is 0.669. The molecule has 1 aliphatic rings. The normalized spacial score (nSPS) is 22.1. The number of aryl methyl sites for hydroxylation is 1. The van der Waals surface area contributed by atoms with Crippen molar-refractivity contribution in [1.82, 2.24) is 9.97 Å². The van der Waals surface area contributed by atoms with Crippen molar-refractivity contribution in [2.45, 2.75) is 31.5 Å². The lowest BCUT2D eigenvalue weighted by atomic mass is 9.97. The third-order valence-corrected chi connectivity index (χ3v) is 2.35. The van der Waals surface area contributed by atoms with Crippen molar-refractivity contribution in [3.63, 3.8) is 0 Å². The van der Waals surface area contributed by atoms with Crippen molar-refractivity contribution in [2.24, 2.45) is 5.73 Å². The van der Waals surface area contributed by atoms with Crippen molar-refractivity contribution < 1.29 is 13.2 Å². The first-order valence-electron chi connectivity index (χ1n) is 4.37. The summed E-state index contributed by atoms with van der Waals surface area (Å²) in [5.41, 5.74) is 6.69. The number of nitrogens with zero attached hydrogens (tertiary/aromatic N) is 1. The first-order chi connectivity index (χ1) is 6.47. The van der Waals surface area contributed by atoms with E-state index in [2.05, 4.69) is 9.97 Å². The van der Waals surface area contributed by atoms with E-state index in [0.29, 0.717) is 30.7 Å². The summed E-state index contributed by atoms with van der Waals surface area (Å²) in [6.45, 7) is 0. The number of aromatic nitrogens is 2. The Hall–Kier alpha value is -1.04. The minimum atomic E-state index is -4.39. The molecule has 2 rings (SSSR count). The van der Waals surface area contributed by atoms with Crippen LogP contribution in [0, 0.1) is 0 Å². The van der Waals surface area contributed by atoms with Gasteiger partial charge >= 0.3 is 6.18 Å². The maximum absolute atomic E-state index is 12.2. The van der Waals surface area contributed by atoms with E-state index in [1.54, 1.807) is 0 Å². The molecular weight excluding hydrogens is 195 g/mol. The summed E-state index contributed by atoms with van der Waals surface area (Å²) in [6, 6.07) is -0.0518. The molecule has 0 fully saturated rings. The van der Waals surface area contributed by atoms with Crippen molar-refractivity contribution in [3.8, 4) is 0 Å². The van der Waals surface area contributed by atoms with Gasteiger partial charge in [-0.05, 0) is 12.8 Å². The molecule has 1 aromatic heterocycles. The van der Waals surface area contributed by atoms with Crippen LogP contribution in [-0.4, -0.2) is 16.0 Å².